The molecule has 0 spiro atoms. The third kappa shape index (κ3) is 3.95. The average Bonchev–Trinajstić information content (AvgIpc) is 2.95. The Kier molecular flexibility index (Phi) is 5.16. The van der Waals surface area contributed by atoms with E-state index in [0.717, 1.165) is 5.56 Å². The van der Waals surface area contributed by atoms with Gasteiger partial charge in [-0.25, -0.2) is 0 Å². The van der Waals surface area contributed by atoms with Crippen LogP contribution in [0.3, 0.4) is 0 Å². The Hall–Kier alpha value is -2.08. The number of hydrogen-bond acceptors (Lipinski definition) is 6. The highest BCUT2D eigenvalue weighted by atomic mass is 16.5. The Morgan fingerprint density at radius 3 is 2.67 bits per heavy atom. The summed E-state index contributed by atoms with van der Waals surface area (Å²) in [4.78, 5) is 4.27. The van der Waals surface area contributed by atoms with Gasteiger partial charge in [-0.2, -0.15) is 4.98 Å². The van der Waals surface area contributed by atoms with E-state index in [-0.39, 0.29) is 12.5 Å². The lowest BCUT2D eigenvalue weighted by Gasteiger charge is -2.11. The maximum atomic E-state index is 5.72. The normalized spacial score (nSPS) is 10.9. The average molecular weight is 291 g/mol. The van der Waals surface area contributed by atoms with Gasteiger partial charge in [-0.15, -0.1) is 0 Å². The molecule has 21 heavy (non-hydrogen) atoms. The number of benzene rings is 1. The smallest absolute Gasteiger partial charge is 0.229 e. The van der Waals surface area contributed by atoms with Crippen molar-refractivity contribution in [2.75, 3.05) is 6.61 Å². The molecule has 0 saturated heterocycles. The molecule has 0 aliphatic rings. The molecule has 0 fully saturated rings. The maximum absolute atomic E-state index is 5.72. The van der Waals surface area contributed by atoms with Crippen LogP contribution in [0.25, 0.3) is 0 Å². The van der Waals surface area contributed by atoms with Crippen LogP contribution in [0.2, 0.25) is 0 Å². The van der Waals surface area contributed by atoms with Crippen LogP contribution in [0, 0.1) is 0 Å². The van der Waals surface area contributed by atoms with Gasteiger partial charge in [-0.3, -0.25) is 0 Å². The fourth-order valence-corrected chi connectivity index (χ4v) is 1.77. The second-order valence-corrected chi connectivity index (χ2v) is 4.91. The lowest BCUT2D eigenvalue weighted by molar-refractivity contribution is 0.257. The van der Waals surface area contributed by atoms with Crippen LogP contribution >= 0.6 is 0 Å². The molecule has 0 bridgehead atoms. The molecule has 2 rings (SSSR count). The molecule has 1 aromatic heterocycles. The molecule has 0 radical (unpaired) electrons. The summed E-state index contributed by atoms with van der Waals surface area (Å²) in [6.07, 6.45) is 0. The summed E-state index contributed by atoms with van der Waals surface area (Å²) in [7, 11) is 0. The van der Waals surface area contributed by atoms with Gasteiger partial charge in [0.15, 0.2) is 18.1 Å². The zero-order chi connectivity index (χ0) is 15.2. The van der Waals surface area contributed by atoms with E-state index in [9.17, 15) is 0 Å². The van der Waals surface area contributed by atoms with Crippen molar-refractivity contribution in [2.45, 2.75) is 39.8 Å². The van der Waals surface area contributed by atoms with Crippen molar-refractivity contribution in [3.8, 4) is 11.5 Å². The first-order valence-electron chi connectivity index (χ1n) is 7.05. The van der Waals surface area contributed by atoms with Crippen LogP contribution in [0.4, 0.5) is 0 Å². The van der Waals surface area contributed by atoms with E-state index in [1.165, 1.54) is 0 Å². The van der Waals surface area contributed by atoms with E-state index in [1.54, 1.807) is 0 Å². The van der Waals surface area contributed by atoms with Crippen LogP contribution in [-0.2, 0) is 13.2 Å². The fourth-order valence-electron chi connectivity index (χ4n) is 1.77. The monoisotopic (exact) mass is 291 g/mol. The number of ether oxygens (including phenoxy) is 2. The highest BCUT2D eigenvalue weighted by Crippen LogP contribution is 2.29. The predicted octanol–water partition coefficient (Wildman–Crippen LogP) is 2.63. The lowest BCUT2D eigenvalue weighted by Crippen LogP contribution is -2.03. The molecule has 1 aromatic carbocycles. The number of nitrogens with zero attached hydrogens (tertiary/aromatic N) is 2. The molecule has 2 aromatic rings. The molecule has 114 valence electrons. The van der Waals surface area contributed by atoms with Gasteiger partial charge in [-0.1, -0.05) is 25.1 Å². The largest absolute Gasteiger partial charge is 0.490 e. The molecule has 0 aliphatic heterocycles. The molecule has 6 nitrogen and oxygen atoms in total. The Bertz CT molecular complexity index is 581. The second-order valence-electron chi connectivity index (χ2n) is 4.91. The summed E-state index contributed by atoms with van der Waals surface area (Å²) >= 11 is 0. The van der Waals surface area contributed by atoms with Gasteiger partial charge < -0.3 is 19.7 Å². The number of rotatable bonds is 7. The number of aromatic nitrogens is 2. The van der Waals surface area contributed by atoms with Crippen LogP contribution in [0.5, 0.6) is 11.5 Å². The van der Waals surface area contributed by atoms with Crippen molar-refractivity contribution in [1.29, 1.82) is 0 Å². The van der Waals surface area contributed by atoms with Crippen molar-refractivity contribution < 1.29 is 14.0 Å². The van der Waals surface area contributed by atoms with Crippen molar-refractivity contribution in [2.24, 2.45) is 5.73 Å². The molecule has 1 heterocycles. The summed E-state index contributed by atoms with van der Waals surface area (Å²) < 4.78 is 16.4. The molecule has 0 saturated carbocycles. The molecule has 0 amide bonds. The van der Waals surface area contributed by atoms with Crippen LogP contribution in [0.15, 0.2) is 22.7 Å². The van der Waals surface area contributed by atoms with E-state index in [4.69, 9.17) is 19.7 Å². The highest BCUT2D eigenvalue weighted by molar-refractivity contribution is 5.43. The predicted molar refractivity (Wildman–Crippen MR) is 78.2 cm³/mol. The Morgan fingerprint density at radius 1 is 1.24 bits per heavy atom. The van der Waals surface area contributed by atoms with Gasteiger partial charge in [0.1, 0.15) is 0 Å². The van der Waals surface area contributed by atoms with Crippen LogP contribution < -0.4 is 15.2 Å². The maximum Gasteiger partial charge on any atom is 0.229 e. The van der Waals surface area contributed by atoms with Gasteiger partial charge in [-0.05, 0) is 24.6 Å². The third-order valence-electron chi connectivity index (χ3n) is 2.88. The first-order chi connectivity index (χ1) is 10.1. The molecular formula is C15H21N3O3. The lowest BCUT2D eigenvalue weighted by atomic mass is 10.2. The standard InChI is InChI=1S/C15H21N3O3/c1-4-19-13-7-11(8-16)5-6-12(13)20-9-14-17-15(10(2)3)21-18-14/h5-7,10H,4,8-9,16H2,1-3H3. The molecule has 0 unspecified atom stereocenters. The van der Waals surface area contributed by atoms with Crippen molar-refractivity contribution in [3.63, 3.8) is 0 Å². The molecular weight excluding hydrogens is 270 g/mol. The van der Waals surface area contributed by atoms with Gasteiger partial charge in [0.2, 0.25) is 11.7 Å². The third-order valence-corrected chi connectivity index (χ3v) is 2.88. The fraction of sp³-hybridized carbons (Fsp3) is 0.467. The number of hydrogen-bond donors (Lipinski definition) is 1. The molecule has 0 atom stereocenters. The molecule has 0 aliphatic carbocycles. The van der Waals surface area contributed by atoms with Crippen molar-refractivity contribution in [3.05, 3.63) is 35.5 Å². The number of nitrogens with two attached hydrogens (primary N) is 1. The minimum atomic E-state index is 0.203. The topological polar surface area (TPSA) is 83.4 Å². The summed E-state index contributed by atoms with van der Waals surface area (Å²) in [6, 6.07) is 5.64. The first kappa shape index (κ1) is 15.3. The van der Waals surface area contributed by atoms with E-state index < -0.39 is 0 Å². The van der Waals surface area contributed by atoms with E-state index in [0.29, 0.717) is 36.4 Å². The minimum absolute atomic E-state index is 0.203. The molecule has 6 heteroatoms. The Balaban J connectivity index is 2.07. The van der Waals surface area contributed by atoms with Crippen LogP contribution in [0.1, 0.15) is 44.0 Å². The summed E-state index contributed by atoms with van der Waals surface area (Å²) in [6.45, 7) is 7.17. The van der Waals surface area contributed by atoms with E-state index >= 15 is 0 Å². The van der Waals surface area contributed by atoms with Gasteiger partial charge in [0.05, 0.1) is 6.61 Å². The minimum Gasteiger partial charge on any atom is -0.490 e. The van der Waals surface area contributed by atoms with Crippen molar-refractivity contribution >= 4 is 0 Å². The molecule has 2 N–H and O–H groups in total. The van der Waals surface area contributed by atoms with Gasteiger partial charge in [0.25, 0.3) is 0 Å². The first-order valence-corrected chi connectivity index (χ1v) is 7.05. The quantitative estimate of drug-likeness (QED) is 0.844. The summed E-state index contributed by atoms with van der Waals surface area (Å²) in [5, 5.41) is 3.89. The van der Waals surface area contributed by atoms with Gasteiger partial charge in [0, 0.05) is 12.5 Å². The summed E-state index contributed by atoms with van der Waals surface area (Å²) in [5.41, 5.74) is 6.63. The summed E-state index contributed by atoms with van der Waals surface area (Å²) in [5.74, 6) is 2.65. The zero-order valence-corrected chi connectivity index (χ0v) is 12.6. The van der Waals surface area contributed by atoms with E-state index in [1.807, 2.05) is 39.0 Å². The van der Waals surface area contributed by atoms with E-state index in [2.05, 4.69) is 10.1 Å². The SMILES string of the molecule is CCOc1cc(CN)ccc1OCc1noc(C(C)C)n1. The Labute approximate surface area is 124 Å². The second kappa shape index (κ2) is 7.08. The zero-order valence-electron chi connectivity index (χ0n) is 12.6. The Morgan fingerprint density at radius 2 is 2.05 bits per heavy atom. The van der Waals surface area contributed by atoms with Crippen molar-refractivity contribution in [1.82, 2.24) is 10.1 Å². The highest BCUT2D eigenvalue weighted by Gasteiger charge is 2.12. The van der Waals surface area contributed by atoms with Crippen LogP contribution in [-0.4, -0.2) is 16.7 Å². The van der Waals surface area contributed by atoms with Gasteiger partial charge >= 0.3 is 0 Å².